The Kier molecular flexibility index (Phi) is 12.4. The van der Waals surface area contributed by atoms with Gasteiger partial charge in [-0.05, 0) is 86.8 Å². The topological polar surface area (TPSA) is 120 Å². The molecular formula is C37H53N3O4. The summed E-state index contributed by atoms with van der Waals surface area (Å²) >= 11 is 0. The molecule has 240 valence electrons. The lowest BCUT2D eigenvalue weighted by molar-refractivity contribution is -0.114. The number of rotatable bonds is 13. The van der Waals surface area contributed by atoms with Crippen molar-refractivity contribution in [1.82, 2.24) is 0 Å². The molecule has 0 spiro atoms. The number of hydrogen-bond acceptors (Lipinski definition) is 5. The first-order chi connectivity index (χ1) is 21.2. The molecule has 2 bridgehead atoms. The van der Waals surface area contributed by atoms with Crippen molar-refractivity contribution in [2.24, 2.45) is 34.2 Å². The van der Waals surface area contributed by atoms with Crippen molar-refractivity contribution in [1.29, 1.82) is 0 Å². The number of ketones is 1. The molecule has 5 unspecified atom stereocenters. The molecule has 0 aliphatic heterocycles. The third-order valence-corrected chi connectivity index (χ3v) is 9.44. The van der Waals surface area contributed by atoms with Gasteiger partial charge in [0.05, 0.1) is 18.2 Å². The van der Waals surface area contributed by atoms with E-state index in [0.29, 0.717) is 30.9 Å². The first-order valence-corrected chi connectivity index (χ1v) is 16.7. The number of guanidine groups is 1. The number of unbranched alkanes of at least 4 members (excludes halogenated alkanes) is 1. The minimum atomic E-state index is -0.177. The summed E-state index contributed by atoms with van der Waals surface area (Å²) in [7, 11) is 1.75. The fourth-order valence-electron chi connectivity index (χ4n) is 7.09. The normalized spacial score (nSPS) is 25.0. The number of aliphatic imine (C=N–C) groups is 1. The molecule has 44 heavy (non-hydrogen) atoms. The molecule has 0 saturated heterocycles. The van der Waals surface area contributed by atoms with Crippen LogP contribution < -0.4 is 16.2 Å². The van der Waals surface area contributed by atoms with E-state index in [-0.39, 0.29) is 53.5 Å². The molecule has 5 N–H and O–H groups in total. The fraction of sp³-hybridized carbons (Fsp3) is 0.622. The van der Waals surface area contributed by atoms with Crippen LogP contribution in [-0.2, 0) is 16.0 Å². The smallest absolute Gasteiger partial charge is 0.186 e. The number of ether oxygens (including phenoxy) is 2. The number of aryl methyl sites for hydroxylation is 1. The molecule has 0 heterocycles. The molecule has 4 rings (SSSR count). The van der Waals surface area contributed by atoms with E-state index in [0.717, 1.165) is 74.5 Å². The van der Waals surface area contributed by atoms with Gasteiger partial charge in [-0.3, -0.25) is 4.79 Å². The Labute approximate surface area is 264 Å². The minimum absolute atomic E-state index is 0.0388. The van der Waals surface area contributed by atoms with Crippen LogP contribution in [0.5, 0.6) is 11.5 Å². The zero-order valence-corrected chi connectivity index (χ0v) is 27.2. The molecule has 7 heteroatoms. The predicted molar refractivity (Wildman–Crippen MR) is 178 cm³/mol. The van der Waals surface area contributed by atoms with Crippen LogP contribution in [-0.4, -0.2) is 42.2 Å². The summed E-state index contributed by atoms with van der Waals surface area (Å²) in [6.07, 6.45) is 18.1. The number of aromatic hydroxyl groups is 1. The number of methoxy groups -OCH3 is 1. The number of carbonyl (C=O) groups is 1. The van der Waals surface area contributed by atoms with E-state index < -0.39 is 0 Å². The van der Waals surface area contributed by atoms with Gasteiger partial charge in [0.1, 0.15) is 0 Å². The maximum Gasteiger partial charge on any atom is 0.186 e. The average molecular weight is 604 g/mol. The van der Waals surface area contributed by atoms with Crippen LogP contribution in [0.2, 0.25) is 0 Å². The number of phenols is 1. The molecule has 3 aliphatic rings. The summed E-state index contributed by atoms with van der Waals surface area (Å²) in [5.41, 5.74) is 14.4. The molecular weight excluding hydrogens is 550 g/mol. The van der Waals surface area contributed by atoms with Gasteiger partial charge in [-0.25, -0.2) is 4.99 Å². The summed E-state index contributed by atoms with van der Waals surface area (Å²) in [4.78, 5) is 17.5. The molecule has 0 aromatic heterocycles. The van der Waals surface area contributed by atoms with Crippen molar-refractivity contribution >= 4 is 11.7 Å². The quantitative estimate of drug-likeness (QED) is 0.0759. The second kappa shape index (κ2) is 16.2. The average Bonchev–Trinajstić information content (AvgIpc) is 3.51. The molecule has 0 amide bonds. The van der Waals surface area contributed by atoms with E-state index in [1.807, 2.05) is 12.1 Å². The SMILES string of the molecule is CCCC=CC(=O)CCc1cc(OC2CCCC2)c(O)c2c1C#CCC(N=C(N)N)C1C=CC(OC)C(C1)C2CCC(C)C. The third-order valence-electron chi connectivity index (χ3n) is 9.44. The van der Waals surface area contributed by atoms with Crippen LogP contribution in [0.25, 0.3) is 0 Å². The Hall–Kier alpha value is -3.24. The van der Waals surface area contributed by atoms with Gasteiger partial charge in [0.15, 0.2) is 23.2 Å². The number of fused-ring (bicyclic) bond motifs is 3. The first kappa shape index (κ1) is 33.6. The molecule has 1 fully saturated rings. The molecule has 3 aliphatic carbocycles. The van der Waals surface area contributed by atoms with Crippen molar-refractivity contribution < 1.29 is 19.4 Å². The van der Waals surface area contributed by atoms with Gasteiger partial charge in [0.25, 0.3) is 0 Å². The summed E-state index contributed by atoms with van der Waals surface area (Å²) in [6.45, 7) is 6.57. The Bertz CT molecular complexity index is 1280. The Balaban J connectivity index is 1.90. The van der Waals surface area contributed by atoms with Crippen molar-refractivity contribution in [3.05, 3.63) is 47.1 Å². The monoisotopic (exact) mass is 603 g/mol. The van der Waals surface area contributed by atoms with E-state index in [1.54, 1.807) is 13.2 Å². The van der Waals surface area contributed by atoms with Gasteiger partial charge in [-0.1, -0.05) is 63.7 Å². The number of phenolic OH excluding ortho intramolecular Hbond substituents is 1. The second-order valence-corrected chi connectivity index (χ2v) is 13.2. The van der Waals surface area contributed by atoms with Crippen molar-refractivity contribution in [3.63, 3.8) is 0 Å². The van der Waals surface area contributed by atoms with E-state index >= 15 is 0 Å². The fourth-order valence-corrected chi connectivity index (χ4v) is 7.09. The Morgan fingerprint density at radius 1 is 1.23 bits per heavy atom. The van der Waals surface area contributed by atoms with Crippen molar-refractivity contribution in [2.75, 3.05) is 7.11 Å². The highest BCUT2D eigenvalue weighted by atomic mass is 16.5. The lowest BCUT2D eigenvalue weighted by Gasteiger charge is -2.40. The minimum Gasteiger partial charge on any atom is -0.504 e. The number of nitrogens with two attached hydrogens (primary N) is 2. The van der Waals surface area contributed by atoms with Gasteiger partial charge >= 0.3 is 0 Å². The van der Waals surface area contributed by atoms with Crippen LogP contribution >= 0.6 is 0 Å². The highest BCUT2D eigenvalue weighted by molar-refractivity contribution is 5.89. The van der Waals surface area contributed by atoms with Gasteiger partial charge in [0.2, 0.25) is 0 Å². The van der Waals surface area contributed by atoms with E-state index in [9.17, 15) is 9.90 Å². The standard InChI is InChI=1S/C37H53N3O4/c1-5-6-7-11-27(41)19-17-25-23-34(44-28-12-8-9-13-28)36(42)35-29(25)14-10-15-32(40-37(38)39)26-18-21-33(43-4)31(22-26)30(35)20-16-24(2)3/h7,11,18,21,23-24,26,28,30-33,42H,5-6,8-9,12-13,15-17,19-20,22H2,1-4H3,(H4,38,39,40). The highest BCUT2D eigenvalue weighted by Gasteiger charge is 2.40. The van der Waals surface area contributed by atoms with E-state index in [4.69, 9.17) is 20.9 Å². The molecule has 1 saturated carbocycles. The summed E-state index contributed by atoms with van der Waals surface area (Å²) < 4.78 is 12.6. The zero-order valence-electron chi connectivity index (χ0n) is 27.2. The van der Waals surface area contributed by atoms with Gasteiger partial charge in [-0.2, -0.15) is 0 Å². The van der Waals surface area contributed by atoms with Crippen LogP contribution in [0.1, 0.15) is 114 Å². The summed E-state index contributed by atoms with van der Waals surface area (Å²) in [5.74, 6) is 8.33. The number of allylic oxidation sites excluding steroid dienone is 2. The van der Waals surface area contributed by atoms with Crippen LogP contribution in [0.3, 0.4) is 0 Å². The second-order valence-electron chi connectivity index (χ2n) is 13.2. The summed E-state index contributed by atoms with van der Waals surface area (Å²) in [6, 6.07) is 1.77. The molecule has 5 atom stereocenters. The number of hydrogen-bond donors (Lipinski definition) is 3. The summed E-state index contributed by atoms with van der Waals surface area (Å²) in [5, 5.41) is 12.1. The van der Waals surface area contributed by atoms with E-state index in [2.05, 4.69) is 49.8 Å². The highest BCUT2D eigenvalue weighted by Crippen LogP contribution is 2.49. The molecule has 1 aromatic rings. The first-order valence-electron chi connectivity index (χ1n) is 16.7. The lowest BCUT2D eigenvalue weighted by atomic mass is 9.68. The van der Waals surface area contributed by atoms with Crippen LogP contribution in [0.4, 0.5) is 0 Å². The van der Waals surface area contributed by atoms with Gasteiger partial charge in [-0.15, -0.1) is 0 Å². The van der Waals surface area contributed by atoms with Crippen LogP contribution in [0, 0.1) is 29.6 Å². The lowest BCUT2D eigenvalue weighted by Crippen LogP contribution is -2.37. The maximum absolute atomic E-state index is 12.9. The maximum atomic E-state index is 12.9. The predicted octanol–water partition coefficient (Wildman–Crippen LogP) is 6.70. The molecule has 7 nitrogen and oxygen atoms in total. The van der Waals surface area contributed by atoms with E-state index in [1.165, 1.54) is 0 Å². The third kappa shape index (κ3) is 8.69. The largest absolute Gasteiger partial charge is 0.504 e. The van der Waals surface area contributed by atoms with Gasteiger partial charge in [0, 0.05) is 37.0 Å². The number of benzene rings is 1. The van der Waals surface area contributed by atoms with Crippen molar-refractivity contribution in [3.8, 4) is 23.3 Å². The van der Waals surface area contributed by atoms with Gasteiger partial charge < -0.3 is 26.0 Å². The van der Waals surface area contributed by atoms with Crippen molar-refractivity contribution in [2.45, 2.75) is 122 Å². The Morgan fingerprint density at radius 2 is 2.00 bits per heavy atom. The van der Waals surface area contributed by atoms with Crippen LogP contribution in [0.15, 0.2) is 35.4 Å². The molecule has 1 aromatic carbocycles. The number of carbonyl (C=O) groups excluding carboxylic acids is 1. The number of nitrogens with zero attached hydrogens (tertiary/aromatic N) is 1. The zero-order chi connectivity index (χ0) is 31.6. The molecule has 0 radical (unpaired) electrons. The Morgan fingerprint density at radius 3 is 2.68 bits per heavy atom.